The predicted molar refractivity (Wildman–Crippen MR) is 98.5 cm³/mol. The van der Waals surface area contributed by atoms with Crippen molar-refractivity contribution in [1.82, 2.24) is 19.8 Å². The number of carbonyl (C=O) groups excluding carboxylic acids is 1. The number of benzene rings is 1. The van der Waals surface area contributed by atoms with Crippen molar-refractivity contribution in [2.45, 2.75) is 51.9 Å². The van der Waals surface area contributed by atoms with E-state index in [1.54, 1.807) is 39.5 Å². The molecule has 2 aromatic rings. The molecule has 0 radical (unpaired) electrons. The van der Waals surface area contributed by atoms with Crippen LogP contribution < -0.4 is 5.32 Å². The summed E-state index contributed by atoms with van der Waals surface area (Å²) in [6, 6.07) is 8.75. The van der Waals surface area contributed by atoms with Gasteiger partial charge in [0.15, 0.2) is 0 Å². The van der Waals surface area contributed by atoms with E-state index in [2.05, 4.69) is 10.3 Å². The summed E-state index contributed by atoms with van der Waals surface area (Å²) < 4.78 is 1.83. The summed E-state index contributed by atoms with van der Waals surface area (Å²) in [5, 5.41) is 12.6. The van der Waals surface area contributed by atoms with Gasteiger partial charge in [0.1, 0.15) is 6.04 Å². The maximum Gasteiger partial charge on any atom is 0.408 e. The van der Waals surface area contributed by atoms with Crippen molar-refractivity contribution in [2.75, 3.05) is 0 Å². The standard InChI is InChI=1S/C19H26N4O3/c1-19(2,3)23(18(25)26)16(9-11-22-12-10-20-14-22)17(24)21-13-15-7-5-4-6-8-15/h4-8,10,12,14,16H,9,11,13H2,1-3H3,(H,21,24)(H,25,26)/t16-/m0/s1. The fraction of sp³-hybridized carbons (Fsp3) is 0.421. The maximum absolute atomic E-state index is 12.8. The summed E-state index contributed by atoms with van der Waals surface area (Å²) in [7, 11) is 0. The number of nitrogens with one attached hydrogen (secondary N) is 1. The highest BCUT2D eigenvalue weighted by atomic mass is 16.4. The summed E-state index contributed by atoms with van der Waals surface area (Å²) in [5.41, 5.74) is 0.266. The van der Waals surface area contributed by atoms with E-state index in [1.165, 1.54) is 4.90 Å². The first-order valence-electron chi connectivity index (χ1n) is 8.58. The van der Waals surface area contributed by atoms with Crippen molar-refractivity contribution in [3.63, 3.8) is 0 Å². The Morgan fingerprint density at radius 3 is 2.50 bits per heavy atom. The number of rotatable bonds is 7. The molecule has 1 heterocycles. The molecule has 1 atom stereocenters. The van der Waals surface area contributed by atoms with Crippen molar-refractivity contribution in [2.24, 2.45) is 0 Å². The molecule has 2 rings (SSSR count). The predicted octanol–water partition coefficient (Wildman–Crippen LogP) is 2.74. The van der Waals surface area contributed by atoms with Gasteiger partial charge in [0, 0.05) is 31.0 Å². The summed E-state index contributed by atoms with van der Waals surface area (Å²) in [6.45, 7) is 6.23. The molecule has 0 aliphatic rings. The molecule has 0 saturated carbocycles. The normalized spacial score (nSPS) is 12.4. The first kappa shape index (κ1) is 19.5. The third-order valence-electron chi connectivity index (χ3n) is 4.07. The van der Waals surface area contributed by atoms with Gasteiger partial charge in [-0.2, -0.15) is 0 Å². The van der Waals surface area contributed by atoms with Gasteiger partial charge in [-0.15, -0.1) is 0 Å². The zero-order valence-corrected chi connectivity index (χ0v) is 15.4. The van der Waals surface area contributed by atoms with Crippen molar-refractivity contribution < 1.29 is 14.7 Å². The summed E-state index contributed by atoms with van der Waals surface area (Å²) in [5.74, 6) is -0.300. The van der Waals surface area contributed by atoms with Gasteiger partial charge < -0.3 is 15.0 Å². The summed E-state index contributed by atoms with van der Waals surface area (Å²) in [4.78, 5) is 29.9. The molecule has 0 aliphatic heterocycles. The van der Waals surface area contributed by atoms with Crippen LogP contribution in [0.2, 0.25) is 0 Å². The first-order chi connectivity index (χ1) is 12.3. The largest absolute Gasteiger partial charge is 0.465 e. The van der Waals surface area contributed by atoms with Crippen LogP contribution in [0.3, 0.4) is 0 Å². The van der Waals surface area contributed by atoms with Gasteiger partial charge in [0.05, 0.1) is 6.33 Å². The van der Waals surface area contributed by atoms with Crippen LogP contribution in [0.1, 0.15) is 32.8 Å². The average Bonchev–Trinajstić information content (AvgIpc) is 3.09. The van der Waals surface area contributed by atoms with Crippen molar-refractivity contribution in [1.29, 1.82) is 0 Å². The minimum absolute atomic E-state index is 0.300. The second-order valence-corrected chi connectivity index (χ2v) is 7.13. The van der Waals surface area contributed by atoms with Gasteiger partial charge in [0.2, 0.25) is 5.91 Å². The molecule has 0 fully saturated rings. The van der Waals surface area contributed by atoms with Crippen LogP contribution in [0.25, 0.3) is 0 Å². The Labute approximate surface area is 153 Å². The maximum atomic E-state index is 12.8. The van der Waals surface area contributed by atoms with Gasteiger partial charge in [-0.3, -0.25) is 9.69 Å². The van der Waals surface area contributed by atoms with E-state index >= 15 is 0 Å². The van der Waals surface area contributed by atoms with Crippen LogP contribution >= 0.6 is 0 Å². The second-order valence-electron chi connectivity index (χ2n) is 7.13. The third-order valence-corrected chi connectivity index (χ3v) is 4.07. The Morgan fingerprint density at radius 1 is 1.27 bits per heavy atom. The number of hydrogen-bond donors (Lipinski definition) is 2. The molecule has 26 heavy (non-hydrogen) atoms. The van der Waals surface area contributed by atoms with Crippen LogP contribution in [0.15, 0.2) is 49.1 Å². The Kier molecular flexibility index (Phi) is 6.38. The minimum Gasteiger partial charge on any atom is -0.465 e. The molecule has 1 aromatic heterocycles. The molecule has 7 nitrogen and oxygen atoms in total. The van der Waals surface area contributed by atoms with E-state index < -0.39 is 17.7 Å². The van der Waals surface area contributed by atoms with Crippen molar-refractivity contribution in [3.05, 3.63) is 54.6 Å². The molecule has 2 amide bonds. The monoisotopic (exact) mass is 358 g/mol. The number of carbonyl (C=O) groups is 2. The van der Waals surface area contributed by atoms with E-state index in [1.807, 2.05) is 34.9 Å². The third kappa shape index (κ3) is 5.34. The van der Waals surface area contributed by atoms with Gasteiger partial charge >= 0.3 is 6.09 Å². The molecular formula is C19H26N4O3. The van der Waals surface area contributed by atoms with Gasteiger partial charge in [-0.05, 0) is 32.8 Å². The van der Waals surface area contributed by atoms with E-state index in [-0.39, 0.29) is 5.91 Å². The molecule has 2 N–H and O–H groups in total. The Hall–Kier alpha value is -2.83. The molecule has 0 unspecified atom stereocenters. The lowest BCUT2D eigenvalue weighted by Gasteiger charge is -2.38. The zero-order valence-electron chi connectivity index (χ0n) is 15.4. The number of nitrogens with zero attached hydrogens (tertiary/aromatic N) is 3. The molecule has 1 aromatic carbocycles. The highest BCUT2D eigenvalue weighted by molar-refractivity contribution is 5.85. The molecule has 140 valence electrons. The highest BCUT2D eigenvalue weighted by Gasteiger charge is 2.37. The highest BCUT2D eigenvalue weighted by Crippen LogP contribution is 2.20. The fourth-order valence-corrected chi connectivity index (χ4v) is 2.86. The van der Waals surface area contributed by atoms with Crippen LogP contribution in [0.4, 0.5) is 4.79 Å². The zero-order chi connectivity index (χ0) is 19.2. The quantitative estimate of drug-likeness (QED) is 0.797. The van der Waals surface area contributed by atoms with E-state index in [4.69, 9.17) is 0 Å². The molecular weight excluding hydrogens is 332 g/mol. The van der Waals surface area contributed by atoms with E-state index in [0.29, 0.717) is 19.5 Å². The number of aromatic nitrogens is 2. The lowest BCUT2D eigenvalue weighted by Crippen LogP contribution is -2.57. The Bertz CT molecular complexity index is 708. The number of amides is 2. The molecule has 0 saturated heterocycles. The van der Waals surface area contributed by atoms with Gasteiger partial charge in [0.25, 0.3) is 0 Å². The van der Waals surface area contributed by atoms with E-state index in [0.717, 1.165) is 5.56 Å². The SMILES string of the molecule is CC(C)(C)N(C(=O)O)[C@@H](CCn1ccnc1)C(=O)NCc1ccccc1. The number of carboxylic acid groups (broad SMARTS) is 1. The Morgan fingerprint density at radius 2 is 1.96 bits per heavy atom. The van der Waals surface area contributed by atoms with Gasteiger partial charge in [-0.25, -0.2) is 9.78 Å². The number of hydrogen-bond acceptors (Lipinski definition) is 3. The topological polar surface area (TPSA) is 87.5 Å². The lowest BCUT2D eigenvalue weighted by molar-refractivity contribution is -0.128. The first-order valence-corrected chi connectivity index (χ1v) is 8.58. The Balaban J connectivity index is 2.14. The van der Waals surface area contributed by atoms with Gasteiger partial charge in [-0.1, -0.05) is 30.3 Å². The van der Waals surface area contributed by atoms with Crippen LogP contribution in [0.5, 0.6) is 0 Å². The van der Waals surface area contributed by atoms with E-state index in [9.17, 15) is 14.7 Å². The van der Waals surface area contributed by atoms with Crippen LogP contribution in [-0.4, -0.2) is 43.1 Å². The molecule has 0 aliphatic carbocycles. The average molecular weight is 358 g/mol. The lowest BCUT2D eigenvalue weighted by atomic mass is 10.0. The van der Waals surface area contributed by atoms with Crippen LogP contribution in [-0.2, 0) is 17.9 Å². The van der Waals surface area contributed by atoms with Crippen molar-refractivity contribution in [3.8, 4) is 0 Å². The fourth-order valence-electron chi connectivity index (χ4n) is 2.86. The molecule has 0 spiro atoms. The number of imidazole rings is 1. The summed E-state index contributed by atoms with van der Waals surface area (Å²) in [6.07, 6.45) is 4.36. The summed E-state index contributed by atoms with van der Waals surface area (Å²) >= 11 is 0. The van der Waals surface area contributed by atoms with Crippen LogP contribution in [0, 0.1) is 0 Å². The number of aryl methyl sites for hydroxylation is 1. The van der Waals surface area contributed by atoms with Crippen molar-refractivity contribution >= 4 is 12.0 Å². The minimum atomic E-state index is -1.11. The second kappa shape index (κ2) is 8.51. The molecule has 7 heteroatoms. The molecule has 0 bridgehead atoms. The smallest absolute Gasteiger partial charge is 0.408 e.